The van der Waals surface area contributed by atoms with Crippen LogP contribution in [0.2, 0.25) is 0 Å². The largest absolute Gasteiger partial charge is 0.489 e. The number of nitrogens with zero attached hydrogens (tertiary/aromatic N) is 1. The molecule has 0 fully saturated rings. The summed E-state index contributed by atoms with van der Waals surface area (Å²) in [6.07, 6.45) is 1.28. The summed E-state index contributed by atoms with van der Waals surface area (Å²) in [6.45, 7) is 2.35. The summed E-state index contributed by atoms with van der Waals surface area (Å²) in [6, 6.07) is 0. The minimum absolute atomic E-state index is 0.104. The number of carbonyl (C=O) groups excluding carboxylic acids is 1. The van der Waals surface area contributed by atoms with E-state index in [1.807, 2.05) is 0 Å². The van der Waals surface area contributed by atoms with Gasteiger partial charge in [0.2, 0.25) is 11.7 Å². The number of H-pyrrole nitrogens is 1. The standard InChI is InChI=1S/C9H14N4O3/c1-6(14)10-3-4-11-8-7(16-2)9(15)13-5-12-8/h5H,3-4H2,1-2H3,(H,10,14)(H2,11,12,13,15). The van der Waals surface area contributed by atoms with E-state index in [9.17, 15) is 9.59 Å². The lowest BCUT2D eigenvalue weighted by Crippen LogP contribution is -2.27. The van der Waals surface area contributed by atoms with Crippen LogP contribution in [-0.4, -0.2) is 36.1 Å². The molecule has 1 aromatic heterocycles. The zero-order valence-corrected chi connectivity index (χ0v) is 9.16. The minimum atomic E-state index is -0.348. The van der Waals surface area contributed by atoms with E-state index in [4.69, 9.17) is 4.74 Å². The first-order valence-corrected chi connectivity index (χ1v) is 4.75. The van der Waals surface area contributed by atoms with Crippen LogP contribution in [0, 0.1) is 0 Å². The maximum atomic E-state index is 11.3. The van der Waals surface area contributed by atoms with Gasteiger partial charge in [-0.15, -0.1) is 0 Å². The molecular formula is C9H14N4O3. The van der Waals surface area contributed by atoms with Crippen molar-refractivity contribution in [3.63, 3.8) is 0 Å². The predicted octanol–water partition coefficient (Wildman–Crippen LogP) is -0.673. The molecule has 0 atom stereocenters. The van der Waals surface area contributed by atoms with Crippen molar-refractivity contribution in [3.8, 4) is 5.75 Å². The van der Waals surface area contributed by atoms with Gasteiger partial charge in [-0.1, -0.05) is 0 Å². The first-order valence-electron chi connectivity index (χ1n) is 4.75. The third kappa shape index (κ3) is 3.26. The molecule has 7 heteroatoms. The second-order valence-corrected chi connectivity index (χ2v) is 3.02. The summed E-state index contributed by atoms with van der Waals surface area (Å²) in [7, 11) is 1.39. The normalized spacial score (nSPS) is 9.62. The fraction of sp³-hybridized carbons (Fsp3) is 0.444. The monoisotopic (exact) mass is 226 g/mol. The molecule has 1 rings (SSSR count). The van der Waals surface area contributed by atoms with Gasteiger partial charge in [0.05, 0.1) is 13.4 Å². The van der Waals surface area contributed by atoms with Crippen molar-refractivity contribution in [3.05, 3.63) is 16.7 Å². The fourth-order valence-corrected chi connectivity index (χ4v) is 1.12. The maximum Gasteiger partial charge on any atom is 0.295 e. The molecular weight excluding hydrogens is 212 g/mol. The highest BCUT2D eigenvalue weighted by atomic mass is 16.5. The Morgan fingerprint density at radius 3 is 2.94 bits per heavy atom. The molecule has 0 saturated heterocycles. The predicted molar refractivity (Wildman–Crippen MR) is 58.6 cm³/mol. The molecule has 1 aromatic rings. The van der Waals surface area contributed by atoms with Gasteiger partial charge in [-0.25, -0.2) is 4.98 Å². The highest BCUT2D eigenvalue weighted by Crippen LogP contribution is 2.13. The van der Waals surface area contributed by atoms with Crippen LogP contribution < -0.4 is 20.9 Å². The van der Waals surface area contributed by atoms with Gasteiger partial charge in [0, 0.05) is 20.0 Å². The van der Waals surface area contributed by atoms with Gasteiger partial charge in [0.1, 0.15) is 0 Å². The van der Waals surface area contributed by atoms with Crippen LogP contribution in [0.25, 0.3) is 0 Å². The summed E-state index contributed by atoms with van der Waals surface area (Å²) in [5, 5.41) is 5.50. The molecule has 3 N–H and O–H groups in total. The third-order valence-corrected chi connectivity index (χ3v) is 1.81. The van der Waals surface area contributed by atoms with E-state index in [-0.39, 0.29) is 17.2 Å². The van der Waals surface area contributed by atoms with Gasteiger partial charge in [-0.05, 0) is 0 Å². The zero-order valence-electron chi connectivity index (χ0n) is 9.16. The molecule has 0 radical (unpaired) electrons. The Bertz CT molecular complexity index is 415. The van der Waals surface area contributed by atoms with Crippen molar-refractivity contribution < 1.29 is 9.53 Å². The number of ether oxygens (including phenoxy) is 1. The Morgan fingerprint density at radius 2 is 2.31 bits per heavy atom. The van der Waals surface area contributed by atoms with Gasteiger partial charge in [0.15, 0.2) is 5.82 Å². The molecule has 0 aliphatic carbocycles. The second kappa shape index (κ2) is 5.74. The van der Waals surface area contributed by atoms with Crippen LogP contribution in [0.5, 0.6) is 5.75 Å². The van der Waals surface area contributed by atoms with Crippen LogP contribution in [0.15, 0.2) is 11.1 Å². The lowest BCUT2D eigenvalue weighted by Gasteiger charge is -2.08. The van der Waals surface area contributed by atoms with E-state index in [1.165, 1.54) is 20.4 Å². The smallest absolute Gasteiger partial charge is 0.295 e. The van der Waals surface area contributed by atoms with Crippen molar-refractivity contribution in [1.82, 2.24) is 15.3 Å². The molecule has 1 amide bonds. The molecule has 16 heavy (non-hydrogen) atoms. The number of aromatic nitrogens is 2. The van der Waals surface area contributed by atoms with E-state index >= 15 is 0 Å². The number of carbonyl (C=O) groups is 1. The van der Waals surface area contributed by atoms with E-state index in [1.54, 1.807) is 0 Å². The van der Waals surface area contributed by atoms with Crippen molar-refractivity contribution in [2.75, 3.05) is 25.5 Å². The number of rotatable bonds is 5. The van der Waals surface area contributed by atoms with Crippen molar-refractivity contribution in [2.45, 2.75) is 6.92 Å². The van der Waals surface area contributed by atoms with E-state index in [0.717, 1.165) is 0 Å². The number of anilines is 1. The SMILES string of the molecule is COc1c(NCCNC(C)=O)nc[nH]c1=O. The Hall–Kier alpha value is -2.05. The molecule has 1 heterocycles. The average molecular weight is 226 g/mol. The van der Waals surface area contributed by atoms with Crippen LogP contribution in [0.4, 0.5) is 5.82 Å². The molecule has 88 valence electrons. The number of hydrogen-bond acceptors (Lipinski definition) is 5. The lowest BCUT2D eigenvalue weighted by molar-refractivity contribution is -0.118. The van der Waals surface area contributed by atoms with E-state index in [2.05, 4.69) is 20.6 Å². The molecule has 0 bridgehead atoms. The number of aromatic amines is 1. The topological polar surface area (TPSA) is 96.1 Å². The van der Waals surface area contributed by atoms with Crippen LogP contribution >= 0.6 is 0 Å². The molecule has 0 aliphatic heterocycles. The molecule has 0 aliphatic rings. The molecule has 0 unspecified atom stereocenters. The Labute approximate surface area is 92.2 Å². The Balaban J connectivity index is 2.57. The molecule has 0 saturated carbocycles. The molecule has 7 nitrogen and oxygen atoms in total. The second-order valence-electron chi connectivity index (χ2n) is 3.02. The average Bonchev–Trinajstić information content (AvgIpc) is 2.24. The fourth-order valence-electron chi connectivity index (χ4n) is 1.12. The summed E-state index contributed by atoms with van der Waals surface area (Å²) >= 11 is 0. The molecule has 0 spiro atoms. The lowest BCUT2D eigenvalue weighted by atomic mass is 10.5. The van der Waals surface area contributed by atoms with E-state index < -0.39 is 0 Å². The van der Waals surface area contributed by atoms with E-state index in [0.29, 0.717) is 18.9 Å². The highest BCUT2D eigenvalue weighted by Gasteiger charge is 2.07. The van der Waals surface area contributed by atoms with Gasteiger partial charge in [-0.2, -0.15) is 0 Å². The molecule has 0 aromatic carbocycles. The first kappa shape index (κ1) is 12.0. The third-order valence-electron chi connectivity index (χ3n) is 1.81. The van der Waals surface area contributed by atoms with Crippen LogP contribution in [-0.2, 0) is 4.79 Å². The van der Waals surface area contributed by atoms with Gasteiger partial charge in [-0.3, -0.25) is 9.59 Å². The van der Waals surface area contributed by atoms with Gasteiger partial charge >= 0.3 is 0 Å². The summed E-state index contributed by atoms with van der Waals surface area (Å²) in [5.41, 5.74) is -0.348. The summed E-state index contributed by atoms with van der Waals surface area (Å²) < 4.78 is 4.90. The van der Waals surface area contributed by atoms with Crippen molar-refractivity contribution >= 4 is 11.7 Å². The zero-order chi connectivity index (χ0) is 12.0. The number of amides is 1. The quantitative estimate of drug-likeness (QED) is 0.578. The summed E-state index contributed by atoms with van der Waals surface area (Å²) in [4.78, 5) is 28.2. The van der Waals surface area contributed by atoms with Gasteiger partial charge < -0.3 is 20.4 Å². The number of hydrogen-bond donors (Lipinski definition) is 3. The minimum Gasteiger partial charge on any atom is -0.489 e. The Morgan fingerprint density at radius 1 is 1.56 bits per heavy atom. The Kier molecular flexibility index (Phi) is 4.31. The first-order chi connectivity index (χ1) is 7.65. The van der Waals surface area contributed by atoms with Gasteiger partial charge in [0.25, 0.3) is 5.56 Å². The highest BCUT2D eigenvalue weighted by molar-refractivity contribution is 5.72. The van der Waals surface area contributed by atoms with Crippen molar-refractivity contribution in [1.29, 1.82) is 0 Å². The number of methoxy groups -OCH3 is 1. The van der Waals surface area contributed by atoms with Crippen LogP contribution in [0.1, 0.15) is 6.92 Å². The van der Waals surface area contributed by atoms with Crippen molar-refractivity contribution in [2.24, 2.45) is 0 Å². The number of nitrogens with one attached hydrogen (secondary N) is 3. The summed E-state index contributed by atoms with van der Waals surface area (Å²) in [5.74, 6) is 0.384. The maximum absolute atomic E-state index is 11.3. The van der Waals surface area contributed by atoms with Crippen LogP contribution in [0.3, 0.4) is 0 Å².